The highest BCUT2D eigenvalue weighted by Crippen LogP contribution is 2.39. The van der Waals surface area contributed by atoms with Gasteiger partial charge in [-0.25, -0.2) is 9.98 Å². The van der Waals surface area contributed by atoms with Crippen molar-refractivity contribution in [2.75, 3.05) is 0 Å². The van der Waals surface area contributed by atoms with Crippen LogP contribution in [0.1, 0.15) is 22.9 Å². The summed E-state index contributed by atoms with van der Waals surface area (Å²) in [5.74, 6) is 1.45. The predicted octanol–water partition coefficient (Wildman–Crippen LogP) is 12.2. The number of hydrogen-bond acceptors (Lipinski definition) is 4. The minimum Gasteiger partial charge on any atom is -0.456 e. The molecule has 250 valence electrons. The normalized spacial score (nSPS) is 14.2. The van der Waals surface area contributed by atoms with Crippen LogP contribution in [0.2, 0.25) is 0 Å². The van der Waals surface area contributed by atoms with Gasteiger partial charge in [-0.05, 0) is 62.4 Å². The monoisotopic (exact) mass is 679 g/mol. The van der Waals surface area contributed by atoms with Gasteiger partial charge in [0.2, 0.25) is 0 Å². The van der Waals surface area contributed by atoms with E-state index in [4.69, 9.17) is 14.4 Å². The Kier molecular flexibility index (Phi) is 7.51. The Morgan fingerprint density at radius 2 is 1.02 bits per heavy atom. The molecule has 1 N–H and O–H groups in total. The summed E-state index contributed by atoms with van der Waals surface area (Å²) in [4.78, 5) is 10.4. The lowest BCUT2D eigenvalue weighted by molar-refractivity contribution is 0.662. The first kappa shape index (κ1) is 30.8. The fraction of sp³-hybridized carbons (Fsp3) is 0.0204. The molecule has 0 saturated carbocycles. The molecular formula is C49H33N3O. The summed E-state index contributed by atoms with van der Waals surface area (Å²) in [6.07, 6.45) is -0.411. The summed E-state index contributed by atoms with van der Waals surface area (Å²) in [5.41, 5.74) is 11.7. The maximum Gasteiger partial charge on any atom is 0.159 e. The van der Waals surface area contributed by atoms with Crippen molar-refractivity contribution in [1.82, 2.24) is 5.32 Å². The van der Waals surface area contributed by atoms with Crippen molar-refractivity contribution in [3.63, 3.8) is 0 Å². The lowest BCUT2D eigenvalue weighted by atomic mass is 9.96. The number of aliphatic imine (C=N–C) groups is 2. The minimum absolute atomic E-state index is 0.411. The molecule has 53 heavy (non-hydrogen) atoms. The van der Waals surface area contributed by atoms with Gasteiger partial charge in [0.1, 0.15) is 23.2 Å². The standard InChI is InChI=1S/C49H33N3O/c1-3-11-32(12-4-1)34-21-25-37(26-22-34)47-50-48(38-27-23-35(24-28-38)33-13-5-2-6-14-33)52-49(51-47)42-19-10-20-45-46(42)43-31-39(29-30-44(43)53-45)41-18-9-16-36-15-7-8-17-40(36)41/h1-31,49H,(H,50,51,52). The maximum atomic E-state index is 6.49. The van der Waals surface area contributed by atoms with Crippen LogP contribution in [0.4, 0.5) is 0 Å². The highest BCUT2D eigenvalue weighted by Gasteiger charge is 2.25. The van der Waals surface area contributed by atoms with E-state index < -0.39 is 6.17 Å². The first-order valence-corrected chi connectivity index (χ1v) is 17.9. The van der Waals surface area contributed by atoms with Gasteiger partial charge >= 0.3 is 0 Å². The smallest absolute Gasteiger partial charge is 0.159 e. The van der Waals surface area contributed by atoms with E-state index in [1.54, 1.807) is 0 Å². The van der Waals surface area contributed by atoms with Crippen LogP contribution in [-0.4, -0.2) is 11.7 Å². The van der Waals surface area contributed by atoms with Gasteiger partial charge in [-0.2, -0.15) is 0 Å². The Balaban J connectivity index is 1.10. The SMILES string of the molecule is c1ccc(-c2ccc(C3=NC(c4cccc5oc6ccc(-c7cccc8ccccc78)cc6c45)NC(c4ccc(-c5ccccc5)cc4)=N3)cc2)cc1. The van der Waals surface area contributed by atoms with Crippen LogP contribution in [0.5, 0.6) is 0 Å². The zero-order valence-corrected chi connectivity index (χ0v) is 28.8. The third-order valence-corrected chi connectivity index (χ3v) is 10.2. The summed E-state index contributed by atoms with van der Waals surface area (Å²) in [6.45, 7) is 0. The Bertz CT molecular complexity index is 2830. The Morgan fingerprint density at radius 3 is 1.75 bits per heavy atom. The van der Waals surface area contributed by atoms with Crippen molar-refractivity contribution in [1.29, 1.82) is 0 Å². The van der Waals surface area contributed by atoms with E-state index >= 15 is 0 Å². The molecule has 1 aromatic heterocycles. The Morgan fingerprint density at radius 1 is 0.434 bits per heavy atom. The fourth-order valence-corrected chi connectivity index (χ4v) is 7.51. The van der Waals surface area contributed by atoms with Gasteiger partial charge in [0.05, 0.1) is 0 Å². The van der Waals surface area contributed by atoms with Crippen molar-refractivity contribution >= 4 is 44.4 Å². The lowest BCUT2D eigenvalue weighted by Gasteiger charge is -2.24. The van der Waals surface area contributed by atoms with Crippen molar-refractivity contribution < 1.29 is 4.42 Å². The molecule has 4 heteroatoms. The summed E-state index contributed by atoms with van der Waals surface area (Å²) in [5, 5.41) is 8.27. The van der Waals surface area contributed by atoms with Crippen LogP contribution in [0, 0.1) is 0 Å². The van der Waals surface area contributed by atoms with Crippen LogP contribution in [0.25, 0.3) is 66.1 Å². The summed E-state index contributed by atoms with van der Waals surface area (Å²) in [7, 11) is 0. The molecule has 0 saturated heterocycles. The van der Waals surface area contributed by atoms with Gasteiger partial charge in [-0.15, -0.1) is 0 Å². The molecule has 0 radical (unpaired) electrons. The number of amidine groups is 2. The maximum absolute atomic E-state index is 6.49. The Labute approximate surface area is 307 Å². The molecule has 2 heterocycles. The third-order valence-electron chi connectivity index (χ3n) is 10.2. The number of hydrogen-bond donors (Lipinski definition) is 1. The molecule has 0 aliphatic carbocycles. The van der Waals surface area contributed by atoms with Gasteiger partial charge in [-0.3, -0.25) is 0 Å². The third kappa shape index (κ3) is 5.67. The summed E-state index contributed by atoms with van der Waals surface area (Å²) >= 11 is 0. The van der Waals surface area contributed by atoms with E-state index in [0.717, 1.165) is 61.2 Å². The zero-order chi connectivity index (χ0) is 35.1. The Hall–Kier alpha value is -7.04. The number of fused-ring (bicyclic) bond motifs is 4. The number of benzene rings is 8. The number of nitrogens with one attached hydrogen (secondary N) is 1. The minimum atomic E-state index is -0.411. The van der Waals surface area contributed by atoms with E-state index in [2.05, 4.69) is 175 Å². The second-order valence-electron chi connectivity index (χ2n) is 13.4. The van der Waals surface area contributed by atoms with Gasteiger partial charge in [0.25, 0.3) is 0 Å². The molecule has 0 bridgehead atoms. The fourth-order valence-electron chi connectivity index (χ4n) is 7.51. The van der Waals surface area contributed by atoms with Crippen LogP contribution in [-0.2, 0) is 0 Å². The van der Waals surface area contributed by atoms with E-state index in [-0.39, 0.29) is 0 Å². The van der Waals surface area contributed by atoms with Crippen molar-refractivity contribution in [3.8, 4) is 33.4 Å². The molecule has 0 spiro atoms. The van der Waals surface area contributed by atoms with E-state index in [9.17, 15) is 0 Å². The molecule has 1 aliphatic heterocycles. The first-order chi connectivity index (χ1) is 26.2. The van der Waals surface area contributed by atoms with Crippen LogP contribution in [0.3, 0.4) is 0 Å². The average Bonchev–Trinajstić information content (AvgIpc) is 3.62. The van der Waals surface area contributed by atoms with Crippen LogP contribution in [0.15, 0.2) is 202 Å². The van der Waals surface area contributed by atoms with Crippen molar-refractivity contribution in [2.24, 2.45) is 9.98 Å². The quantitative estimate of drug-likeness (QED) is 0.190. The van der Waals surface area contributed by atoms with Gasteiger partial charge < -0.3 is 9.73 Å². The molecule has 4 nitrogen and oxygen atoms in total. The van der Waals surface area contributed by atoms with Crippen molar-refractivity contribution in [3.05, 3.63) is 205 Å². The number of furan rings is 1. The van der Waals surface area contributed by atoms with Gasteiger partial charge in [-0.1, -0.05) is 170 Å². The predicted molar refractivity (Wildman–Crippen MR) is 219 cm³/mol. The largest absolute Gasteiger partial charge is 0.456 e. The molecule has 0 fully saturated rings. The van der Waals surface area contributed by atoms with Crippen LogP contribution >= 0.6 is 0 Å². The molecule has 1 atom stereocenters. The second kappa shape index (κ2) is 12.9. The van der Waals surface area contributed by atoms with Gasteiger partial charge in [0.15, 0.2) is 5.84 Å². The summed E-state index contributed by atoms with van der Waals surface area (Å²) in [6, 6.07) is 65.8. The topological polar surface area (TPSA) is 49.9 Å². The zero-order valence-electron chi connectivity index (χ0n) is 28.8. The van der Waals surface area contributed by atoms with E-state index in [1.165, 1.54) is 27.5 Å². The molecular weight excluding hydrogens is 647 g/mol. The average molecular weight is 680 g/mol. The highest BCUT2D eigenvalue weighted by molar-refractivity contribution is 6.14. The number of nitrogens with zero attached hydrogens (tertiary/aromatic N) is 2. The highest BCUT2D eigenvalue weighted by atomic mass is 16.3. The number of rotatable bonds is 6. The molecule has 9 aromatic rings. The molecule has 10 rings (SSSR count). The van der Waals surface area contributed by atoms with Crippen molar-refractivity contribution in [2.45, 2.75) is 6.17 Å². The molecule has 0 amide bonds. The first-order valence-electron chi connectivity index (χ1n) is 17.9. The van der Waals surface area contributed by atoms with E-state index in [0.29, 0.717) is 5.84 Å². The van der Waals surface area contributed by atoms with Crippen LogP contribution < -0.4 is 5.32 Å². The van der Waals surface area contributed by atoms with Gasteiger partial charge in [0, 0.05) is 27.5 Å². The lowest BCUT2D eigenvalue weighted by Crippen LogP contribution is -2.33. The second-order valence-corrected chi connectivity index (χ2v) is 13.4. The molecule has 1 unspecified atom stereocenters. The summed E-state index contributed by atoms with van der Waals surface area (Å²) < 4.78 is 6.49. The molecule has 8 aromatic carbocycles. The molecule has 1 aliphatic rings. The van der Waals surface area contributed by atoms with E-state index in [1.807, 2.05) is 18.2 Å².